The van der Waals surface area contributed by atoms with Gasteiger partial charge < -0.3 is 34.5 Å². The highest BCUT2D eigenvalue weighted by Gasteiger charge is 2.63. The summed E-state index contributed by atoms with van der Waals surface area (Å²) < 4.78 is 93.2. The first kappa shape index (κ1) is 44.8. The number of alkyl carbamates (subject to hydrolysis) is 1. The maximum Gasteiger partial charge on any atom is 0.438 e. The van der Waals surface area contributed by atoms with Gasteiger partial charge in [-0.15, -0.1) is 0 Å². The molecule has 2 saturated carbocycles. The molecule has 3 heterocycles. The Bertz CT molecular complexity index is 2140. The molecule has 0 bridgehead atoms. The van der Waals surface area contributed by atoms with Gasteiger partial charge in [0.25, 0.3) is 5.91 Å². The highest BCUT2D eigenvalue weighted by Crippen LogP contribution is 2.48. The van der Waals surface area contributed by atoms with Crippen molar-refractivity contribution in [2.45, 2.75) is 120 Å². The normalized spacial score (nSPS) is 28.9. The molecule has 60 heavy (non-hydrogen) atoms. The topological polar surface area (TPSA) is 204 Å². The third kappa shape index (κ3) is 9.74. The number of hydrogen-bond acceptors (Lipinski definition) is 12. The minimum Gasteiger partial charge on any atom is -0.497 e. The highest BCUT2D eigenvalue weighted by molar-refractivity contribution is 7.91. The number of carbonyl (C=O) groups excluding carboxylic acids is 4. The minimum atomic E-state index is -5.02. The van der Waals surface area contributed by atoms with E-state index in [1.54, 1.807) is 26.8 Å². The predicted molar refractivity (Wildman–Crippen MR) is 210 cm³/mol. The Morgan fingerprint density at radius 1 is 1.07 bits per heavy atom. The van der Waals surface area contributed by atoms with Crippen LogP contribution < -0.4 is 24.8 Å². The predicted octanol–water partition coefficient (Wildman–Crippen LogP) is 4.41. The van der Waals surface area contributed by atoms with Crippen molar-refractivity contribution in [3.8, 4) is 11.6 Å². The summed E-state index contributed by atoms with van der Waals surface area (Å²) in [4.78, 5) is 65.8. The number of rotatable bonds is 9. The van der Waals surface area contributed by atoms with Crippen LogP contribution in [0.5, 0.6) is 11.6 Å². The summed E-state index contributed by atoms with van der Waals surface area (Å²) in [6.45, 7) is 7.96. The number of hydrogen-bond donors (Lipinski definition) is 3. The lowest BCUT2D eigenvalue weighted by Crippen LogP contribution is -2.60. The molecule has 20 heteroatoms. The SMILES string of the molecule is COC[C@@H]1C[C@H](C)CC/C=C\[C@@H]2C[C@@]2(C(=O)NS(=O)(=O)C2(C)CC2)NC(=O)[C@@H]2C[C@@H](Oc3nc4cc(OC)ccc4nc3C(F)(F)F)CN2C(=O)[C@H]1NC(=O)OC(C)(C)C. The molecule has 16 nitrogen and oxygen atoms in total. The fraction of sp³-hybridized carbons (Fsp3) is 0.650. The fourth-order valence-corrected chi connectivity index (χ4v) is 9.11. The average molecular weight is 867 g/mol. The third-order valence-electron chi connectivity index (χ3n) is 11.5. The number of sulfonamides is 1. The average Bonchev–Trinajstić information content (AvgIpc) is 4.03. The van der Waals surface area contributed by atoms with Gasteiger partial charge in [-0.3, -0.25) is 19.1 Å². The van der Waals surface area contributed by atoms with Crippen molar-refractivity contribution < 1.29 is 59.7 Å². The van der Waals surface area contributed by atoms with Crippen LogP contribution in [0.1, 0.15) is 85.3 Å². The van der Waals surface area contributed by atoms with E-state index in [0.717, 1.165) is 4.90 Å². The zero-order chi connectivity index (χ0) is 44.0. The van der Waals surface area contributed by atoms with Crippen molar-refractivity contribution in [2.24, 2.45) is 17.8 Å². The molecule has 3 N–H and O–H groups in total. The minimum absolute atomic E-state index is 0.000843. The number of fused-ring (bicyclic) bond motifs is 3. The summed E-state index contributed by atoms with van der Waals surface area (Å²) in [5.74, 6) is -4.53. The van der Waals surface area contributed by atoms with Gasteiger partial charge in [0.1, 0.15) is 35.1 Å². The molecule has 1 saturated heterocycles. The molecular weight excluding hydrogens is 814 g/mol. The van der Waals surface area contributed by atoms with Crippen molar-refractivity contribution in [1.29, 1.82) is 0 Å². The summed E-state index contributed by atoms with van der Waals surface area (Å²) in [7, 11) is -1.31. The Morgan fingerprint density at radius 3 is 2.42 bits per heavy atom. The van der Waals surface area contributed by atoms with Crippen molar-refractivity contribution in [3.63, 3.8) is 0 Å². The molecule has 0 radical (unpaired) electrons. The maximum absolute atomic E-state index is 15.0. The summed E-state index contributed by atoms with van der Waals surface area (Å²) >= 11 is 0. The number of nitrogens with one attached hydrogen (secondary N) is 3. The summed E-state index contributed by atoms with van der Waals surface area (Å²) in [6, 6.07) is 1.28. The van der Waals surface area contributed by atoms with Crippen LogP contribution in [0.4, 0.5) is 18.0 Å². The highest BCUT2D eigenvalue weighted by atomic mass is 32.2. The Hall–Kier alpha value is -4.72. The number of halogens is 3. The molecule has 2 aliphatic heterocycles. The Kier molecular flexibility index (Phi) is 12.4. The van der Waals surface area contributed by atoms with Crippen LogP contribution in [0, 0.1) is 17.8 Å². The Morgan fingerprint density at radius 2 is 1.78 bits per heavy atom. The van der Waals surface area contributed by atoms with Gasteiger partial charge in [0.15, 0.2) is 0 Å². The fourth-order valence-electron chi connectivity index (χ4n) is 7.80. The lowest BCUT2D eigenvalue weighted by Gasteiger charge is -2.34. The second-order valence-corrected chi connectivity index (χ2v) is 19.7. The van der Waals surface area contributed by atoms with Gasteiger partial charge >= 0.3 is 12.3 Å². The van der Waals surface area contributed by atoms with E-state index in [1.165, 1.54) is 39.3 Å². The Balaban J connectivity index is 1.41. The lowest BCUT2D eigenvalue weighted by atomic mass is 9.87. The second-order valence-electron chi connectivity index (χ2n) is 17.6. The molecule has 3 fully saturated rings. The first-order chi connectivity index (χ1) is 28.0. The summed E-state index contributed by atoms with van der Waals surface area (Å²) in [5, 5.41) is 5.42. The number of ether oxygens (including phenoxy) is 4. The molecule has 0 spiro atoms. The van der Waals surface area contributed by atoms with Gasteiger partial charge in [0.2, 0.25) is 33.4 Å². The lowest BCUT2D eigenvalue weighted by molar-refractivity contribution is -0.143. The largest absolute Gasteiger partial charge is 0.497 e. The van der Waals surface area contributed by atoms with Crippen molar-refractivity contribution >= 4 is 44.9 Å². The van der Waals surface area contributed by atoms with E-state index in [9.17, 15) is 40.8 Å². The van der Waals surface area contributed by atoms with Crippen LogP contribution in [-0.2, 0) is 40.1 Å². The number of nitrogens with zero attached hydrogens (tertiary/aromatic N) is 3. The first-order valence-corrected chi connectivity index (χ1v) is 21.4. The van der Waals surface area contributed by atoms with Gasteiger partial charge in [0.05, 0.1) is 36.0 Å². The van der Waals surface area contributed by atoms with E-state index in [-0.39, 0.29) is 36.4 Å². The number of aromatic nitrogens is 2. The second kappa shape index (κ2) is 16.6. The quantitative estimate of drug-likeness (QED) is 0.300. The van der Waals surface area contributed by atoms with Crippen LogP contribution in [0.15, 0.2) is 30.4 Å². The number of carbonyl (C=O) groups is 4. The molecular formula is C40H53F3N6O10S. The molecule has 330 valence electrons. The molecule has 2 aromatic rings. The summed E-state index contributed by atoms with van der Waals surface area (Å²) in [5.41, 5.74) is -4.18. The van der Waals surface area contributed by atoms with E-state index in [0.29, 0.717) is 37.9 Å². The third-order valence-corrected chi connectivity index (χ3v) is 13.7. The van der Waals surface area contributed by atoms with Crippen LogP contribution in [0.3, 0.4) is 0 Å². The number of alkyl halides is 3. The molecule has 6 rings (SSSR count). The number of methoxy groups -OCH3 is 2. The number of amides is 4. The van der Waals surface area contributed by atoms with Gasteiger partial charge in [-0.05, 0) is 84.3 Å². The molecule has 2 aliphatic carbocycles. The number of benzene rings is 1. The molecule has 4 amide bonds. The molecule has 4 aliphatic rings. The van der Waals surface area contributed by atoms with E-state index in [1.807, 2.05) is 13.0 Å². The van der Waals surface area contributed by atoms with Gasteiger partial charge in [-0.1, -0.05) is 19.1 Å². The molecule has 7 atom stereocenters. The summed E-state index contributed by atoms with van der Waals surface area (Å²) in [6.07, 6.45) is -1.72. The smallest absolute Gasteiger partial charge is 0.438 e. The van der Waals surface area contributed by atoms with Crippen LogP contribution in [-0.4, -0.2) is 109 Å². The van der Waals surface area contributed by atoms with Crippen molar-refractivity contribution in [2.75, 3.05) is 27.4 Å². The molecule has 1 aromatic carbocycles. The van der Waals surface area contributed by atoms with Crippen molar-refractivity contribution in [3.05, 3.63) is 36.0 Å². The van der Waals surface area contributed by atoms with E-state index in [2.05, 4.69) is 25.3 Å². The molecule has 1 aromatic heterocycles. The van der Waals surface area contributed by atoms with Gasteiger partial charge in [-0.25, -0.2) is 23.2 Å². The van der Waals surface area contributed by atoms with Gasteiger partial charge in [-0.2, -0.15) is 13.2 Å². The monoisotopic (exact) mass is 866 g/mol. The zero-order valence-electron chi connectivity index (χ0n) is 34.7. The number of allylic oxidation sites excluding steroid dienone is 1. The van der Waals surface area contributed by atoms with Crippen LogP contribution in [0.25, 0.3) is 11.0 Å². The molecule has 0 unspecified atom stereocenters. The van der Waals surface area contributed by atoms with Gasteiger partial charge in [0, 0.05) is 31.4 Å². The van der Waals surface area contributed by atoms with Crippen molar-refractivity contribution in [1.82, 2.24) is 30.2 Å². The maximum atomic E-state index is 15.0. The Labute approximate surface area is 346 Å². The van der Waals surface area contributed by atoms with Crippen LogP contribution >= 0.6 is 0 Å². The van der Waals surface area contributed by atoms with Crippen LogP contribution in [0.2, 0.25) is 0 Å². The zero-order valence-corrected chi connectivity index (χ0v) is 35.5. The first-order valence-electron chi connectivity index (χ1n) is 19.9. The van der Waals surface area contributed by atoms with E-state index in [4.69, 9.17) is 18.9 Å². The van der Waals surface area contributed by atoms with E-state index >= 15 is 0 Å². The van der Waals surface area contributed by atoms with E-state index < -0.39 is 104 Å². The standard InChI is InChI=1S/C40H53F3N6O10S/c1-22-10-8-9-11-24-19-39(24,35(52)48-60(54,55)38(5)14-15-38)47-32(50)29-18-26(58-33-31(40(41,42)43)44-27-13-12-25(57-7)17-28(27)45-33)20-49(29)34(51)30(23(16-22)21-56-6)46-36(53)59-37(2,3)4/h9,11-13,17,22-24,26,29-30H,8,10,14-16,18-21H2,1-7H3,(H,46,53)(H,47,50)(H,48,52)/b11-9-/t22-,23+,24-,26-,29+,30+,39-/m1/s1.